The van der Waals surface area contributed by atoms with Gasteiger partial charge in [-0.25, -0.2) is 4.98 Å². The maximum absolute atomic E-state index is 12.1. The van der Waals surface area contributed by atoms with E-state index >= 15 is 0 Å². The largest absolute Gasteiger partial charge is 0.481 e. The summed E-state index contributed by atoms with van der Waals surface area (Å²) in [6.45, 7) is 4.50. The highest BCUT2D eigenvalue weighted by atomic mass is 32.2. The zero-order chi connectivity index (χ0) is 14.0. The predicted molar refractivity (Wildman–Crippen MR) is 73.7 cm³/mol. The van der Waals surface area contributed by atoms with E-state index in [9.17, 15) is 9.59 Å². The van der Waals surface area contributed by atoms with Crippen molar-refractivity contribution in [2.45, 2.75) is 31.7 Å². The molecule has 0 unspecified atom stereocenters. The van der Waals surface area contributed by atoms with Crippen LogP contribution in [0.2, 0.25) is 0 Å². The second kappa shape index (κ2) is 5.61. The number of hydrogen-bond acceptors (Lipinski definition) is 4. The van der Waals surface area contributed by atoms with Gasteiger partial charge in [-0.3, -0.25) is 9.59 Å². The molecule has 2 heterocycles. The molecule has 102 valence electrons. The van der Waals surface area contributed by atoms with Crippen LogP contribution in [0.25, 0.3) is 0 Å². The van der Waals surface area contributed by atoms with Gasteiger partial charge in [0, 0.05) is 24.4 Å². The number of aliphatic carboxylic acids is 1. The van der Waals surface area contributed by atoms with Gasteiger partial charge in [-0.05, 0) is 25.5 Å². The molecule has 1 aromatic rings. The maximum atomic E-state index is 12.1. The van der Waals surface area contributed by atoms with Crippen LogP contribution in [0.1, 0.15) is 24.1 Å². The Morgan fingerprint density at radius 3 is 2.84 bits per heavy atom. The molecule has 0 aliphatic carbocycles. The monoisotopic (exact) mass is 280 g/mol. The zero-order valence-electron chi connectivity index (χ0n) is 11.0. The molecule has 0 spiro atoms. The molecule has 0 fully saturated rings. The normalized spacial score (nSPS) is 14.1. The van der Waals surface area contributed by atoms with Crippen molar-refractivity contribution in [3.63, 3.8) is 0 Å². The highest BCUT2D eigenvalue weighted by Crippen LogP contribution is 2.36. The lowest BCUT2D eigenvalue weighted by atomic mass is 10.1. The Labute approximate surface area is 116 Å². The van der Waals surface area contributed by atoms with Gasteiger partial charge in [-0.15, -0.1) is 11.8 Å². The van der Waals surface area contributed by atoms with Crippen molar-refractivity contribution in [1.82, 2.24) is 4.98 Å². The Morgan fingerprint density at radius 2 is 2.16 bits per heavy atom. The van der Waals surface area contributed by atoms with Crippen molar-refractivity contribution < 1.29 is 14.7 Å². The minimum atomic E-state index is -0.946. The van der Waals surface area contributed by atoms with E-state index in [1.54, 1.807) is 16.7 Å². The van der Waals surface area contributed by atoms with E-state index in [2.05, 4.69) is 4.98 Å². The summed E-state index contributed by atoms with van der Waals surface area (Å²) < 4.78 is 0. The smallest absolute Gasteiger partial charge is 0.303 e. The summed E-state index contributed by atoms with van der Waals surface area (Å²) >= 11 is 1.64. The Morgan fingerprint density at radius 1 is 1.42 bits per heavy atom. The fourth-order valence-corrected chi connectivity index (χ4v) is 3.25. The molecule has 2 rings (SSSR count). The van der Waals surface area contributed by atoms with E-state index in [1.165, 1.54) is 0 Å². The lowest BCUT2D eigenvalue weighted by molar-refractivity contribution is -0.138. The topological polar surface area (TPSA) is 70.5 Å². The van der Waals surface area contributed by atoms with Gasteiger partial charge >= 0.3 is 5.97 Å². The fraction of sp³-hybridized carbons (Fsp3) is 0.462. The number of amides is 1. The second-order valence-corrected chi connectivity index (χ2v) is 5.61. The summed E-state index contributed by atoms with van der Waals surface area (Å²) in [5, 5.41) is 9.53. The third kappa shape index (κ3) is 3.07. The van der Waals surface area contributed by atoms with E-state index in [0.717, 1.165) is 27.7 Å². The van der Waals surface area contributed by atoms with Crippen molar-refractivity contribution in [2.24, 2.45) is 0 Å². The molecule has 1 aromatic heterocycles. The van der Waals surface area contributed by atoms with Crippen LogP contribution in [0.3, 0.4) is 0 Å². The van der Waals surface area contributed by atoms with E-state index in [-0.39, 0.29) is 18.7 Å². The van der Waals surface area contributed by atoms with Crippen molar-refractivity contribution in [2.75, 3.05) is 17.2 Å². The number of carboxylic acids is 1. The van der Waals surface area contributed by atoms with Gasteiger partial charge in [-0.1, -0.05) is 0 Å². The molecule has 1 aliphatic heterocycles. The van der Waals surface area contributed by atoms with E-state index in [0.29, 0.717) is 6.54 Å². The number of fused-ring (bicyclic) bond motifs is 1. The molecule has 0 saturated carbocycles. The molecule has 0 saturated heterocycles. The van der Waals surface area contributed by atoms with Gasteiger partial charge in [0.2, 0.25) is 5.91 Å². The Bertz CT molecular complexity index is 531. The molecular formula is C13H16N2O3S. The minimum Gasteiger partial charge on any atom is -0.481 e. The van der Waals surface area contributed by atoms with Crippen LogP contribution in [0, 0.1) is 13.8 Å². The average Bonchev–Trinajstić information content (AvgIpc) is 2.34. The summed E-state index contributed by atoms with van der Waals surface area (Å²) in [7, 11) is 0. The number of nitrogens with zero attached hydrogens (tertiary/aromatic N) is 2. The van der Waals surface area contributed by atoms with Crippen LogP contribution in [0.4, 0.5) is 5.69 Å². The van der Waals surface area contributed by atoms with Crippen molar-refractivity contribution in [1.29, 1.82) is 0 Å². The van der Waals surface area contributed by atoms with Crippen molar-refractivity contribution in [3.8, 4) is 0 Å². The van der Waals surface area contributed by atoms with Crippen LogP contribution >= 0.6 is 11.8 Å². The second-order valence-electron chi connectivity index (χ2n) is 4.52. The number of rotatable bonds is 3. The summed E-state index contributed by atoms with van der Waals surface area (Å²) in [6.07, 6.45) is -0.0943. The average molecular weight is 280 g/mol. The van der Waals surface area contributed by atoms with Gasteiger partial charge in [-0.2, -0.15) is 0 Å². The zero-order valence-corrected chi connectivity index (χ0v) is 11.8. The first-order chi connectivity index (χ1) is 8.99. The van der Waals surface area contributed by atoms with Crippen molar-refractivity contribution in [3.05, 3.63) is 17.3 Å². The number of aromatic nitrogens is 1. The number of carboxylic acid groups (broad SMARTS) is 1. The molecule has 6 heteroatoms. The number of aryl methyl sites for hydroxylation is 2. The van der Waals surface area contributed by atoms with Gasteiger partial charge in [0.05, 0.1) is 12.1 Å². The maximum Gasteiger partial charge on any atom is 0.303 e. The van der Waals surface area contributed by atoms with Gasteiger partial charge in [0.1, 0.15) is 5.03 Å². The van der Waals surface area contributed by atoms with Crippen LogP contribution in [0.5, 0.6) is 0 Å². The third-order valence-electron chi connectivity index (χ3n) is 2.96. The third-order valence-corrected chi connectivity index (χ3v) is 3.90. The number of carbonyl (C=O) groups is 2. The molecule has 1 N–H and O–H groups in total. The highest BCUT2D eigenvalue weighted by molar-refractivity contribution is 7.99. The Balaban J connectivity index is 2.26. The Kier molecular flexibility index (Phi) is 4.09. The summed E-state index contributed by atoms with van der Waals surface area (Å²) in [6, 6.07) is 1.95. The molecule has 0 radical (unpaired) electrons. The number of thioether (sulfide) groups is 1. The van der Waals surface area contributed by atoms with Gasteiger partial charge in [0.15, 0.2) is 0 Å². The lowest BCUT2D eigenvalue weighted by Crippen LogP contribution is -2.36. The molecule has 0 atom stereocenters. The van der Waals surface area contributed by atoms with Crippen molar-refractivity contribution >= 4 is 29.3 Å². The standard InChI is InChI=1S/C13H16N2O3S/c1-8-7-9(2)14-13-12(8)15(5-6-19-13)10(16)3-4-11(17)18/h7H,3-6H2,1-2H3,(H,17,18). The predicted octanol–water partition coefficient (Wildman–Crippen LogP) is 2.00. The first kappa shape index (κ1) is 13.9. The van der Waals surface area contributed by atoms with Crippen LogP contribution in [0.15, 0.2) is 11.1 Å². The van der Waals surface area contributed by atoms with Crippen LogP contribution in [-0.2, 0) is 9.59 Å². The molecule has 1 aliphatic rings. The number of carbonyl (C=O) groups excluding carboxylic acids is 1. The lowest BCUT2D eigenvalue weighted by Gasteiger charge is -2.30. The van der Waals surface area contributed by atoms with E-state index in [4.69, 9.17) is 5.11 Å². The summed E-state index contributed by atoms with van der Waals surface area (Å²) in [5.74, 6) is -0.293. The number of hydrogen-bond donors (Lipinski definition) is 1. The molecule has 0 bridgehead atoms. The molecule has 0 aromatic carbocycles. The highest BCUT2D eigenvalue weighted by Gasteiger charge is 2.26. The fourth-order valence-electron chi connectivity index (χ4n) is 2.17. The first-order valence-corrected chi connectivity index (χ1v) is 7.11. The summed E-state index contributed by atoms with van der Waals surface area (Å²) in [4.78, 5) is 28.8. The first-order valence-electron chi connectivity index (χ1n) is 6.12. The van der Waals surface area contributed by atoms with E-state index < -0.39 is 5.97 Å². The minimum absolute atomic E-state index is 0.0345. The number of anilines is 1. The van der Waals surface area contributed by atoms with E-state index in [1.807, 2.05) is 19.9 Å². The van der Waals surface area contributed by atoms with Gasteiger partial charge < -0.3 is 10.0 Å². The quantitative estimate of drug-likeness (QED) is 0.917. The SMILES string of the molecule is Cc1cc(C)c2c(n1)SCCN2C(=O)CCC(=O)O. The van der Waals surface area contributed by atoms with Gasteiger partial charge in [0.25, 0.3) is 0 Å². The van der Waals surface area contributed by atoms with Crippen LogP contribution < -0.4 is 4.90 Å². The number of pyridine rings is 1. The van der Waals surface area contributed by atoms with Crippen LogP contribution in [-0.4, -0.2) is 34.3 Å². The Hall–Kier alpha value is -1.56. The molecular weight excluding hydrogens is 264 g/mol. The molecule has 5 nitrogen and oxygen atoms in total. The molecule has 1 amide bonds. The summed E-state index contributed by atoms with van der Waals surface area (Å²) in [5.41, 5.74) is 2.79. The molecule has 19 heavy (non-hydrogen) atoms.